The largest absolute Gasteiger partial charge is 0.357 e. The van der Waals surface area contributed by atoms with Crippen LogP contribution in [0.1, 0.15) is 33.6 Å². The third kappa shape index (κ3) is 7.52. The SMILES string of the molecule is C=C(C)C(=O)C(=O)CCC[SiH2]C(OCC)OCC. The Kier molecular flexibility index (Phi) is 9.73. The molecule has 0 rings (SSSR count). The molecule has 0 aliphatic rings. The minimum atomic E-state index is -0.514. The van der Waals surface area contributed by atoms with E-state index in [1.54, 1.807) is 6.92 Å². The predicted octanol–water partition coefficient (Wildman–Crippen LogP) is 1.42. The maximum absolute atomic E-state index is 11.4. The van der Waals surface area contributed by atoms with Crippen molar-refractivity contribution in [1.29, 1.82) is 0 Å². The van der Waals surface area contributed by atoms with Crippen LogP contribution in [-0.2, 0) is 19.1 Å². The molecule has 0 bridgehead atoms. The average molecular weight is 272 g/mol. The summed E-state index contributed by atoms with van der Waals surface area (Å²) in [6.07, 6.45) is 1.05. The molecule has 0 N–H and O–H groups in total. The van der Waals surface area contributed by atoms with Gasteiger partial charge in [-0.05, 0) is 32.8 Å². The number of rotatable bonds is 11. The van der Waals surface area contributed by atoms with E-state index in [9.17, 15) is 9.59 Å². The van der Waals surface area contributed by atoms with Gasteiger partial charge in [-0.3, -0.25) is 9.59 Å². The molecule has 5 heteroatoms. The van der Waals surface area contributed by atoms with Gasteiger partial charge in [0.2, 0.25) is 11.6 Å². The Balaban J connectivity index is 3.80. The van der Waals surface area contributed by atoms with Crippen LogP contribution in [0.15, 0.2) is 12.2 Å². The van der Waals surface area contributed by atoms with Crippen molar-refractivity contribution in [2.75, 3.05) is 13.2 Å². The first kappa shape index (κ1) is 17.2. The summed E-state index contributed by atoms with van der Waals surface area (Å²) in [6.45, 7) is 10.2. The first-order chi connectivity index (χ1) is 8.52. The molecule has 0 aliphatic heterocycles. The normalized spacial score (nSPS) is 11.3. The molecule has 0 spiro atoms. The molecular weight excluding hydrogens is 248 g/mol. The minimum absolute atomic E-state index is 0.0630. The van der Waals surface area contributed by atoms with E-state index in [0.29, 0.717) is 25.2 Å². The zero-order chi connectivity index (χ0) is 14.0. The third-order valence-electron chi connectivity index (χ3n) is 2.44. The molecule has 0 unspecified atom stereocenters. The van der Waals surface area contributed by atoms with E-state index < -0.39 is 15.3 Å². The van der Waals surface area contributed by atoms with Gasteiger partial charge >= 0.3 is 0 Å². The number of Topliss-reactive ketones (excluding diaryl/α,β-unsaturated/α-hetero) is 2. The highest BCUT2D eigenvalue weighted by Gasteiger charge is 2.14. The molecule has 18 heavy (non-hydrogen) atoms. The Hall–Kier alpha value is -0.783. The number of hydrogen-bond acceptors (Lipinski definition) is 4. The second-order valence-corrected chi connectivity index (χ2v) is 6.07. The summed E-state index contributed by atoms with van der Waals surface area (Å²) in [4.78, 5) is 22.7. The van der Waals surface area contributed by atoms with Crippen LogP contribution in [0.4, 0.5) is 0 Å². The first-order valence-electron chi connectivity index (χ1n) is 6.49. The summed E-state index contributed by atoms with van der Waals surface area (Å²) in [5.41, 5.74) is 0.318. The summed E-state index contributed by atoms with van der Waals surface area (Å²) in [5, 5.41) is 0. The zero-order valence-corrected chi connectivity index (χ0v) is 13.1. The number of carbonyl (C=O) groups excluding carboxylic acids is 2. The fourth-order valence-electron chi connectivity index (χ4n) is 1.53. The Morgan fingerprint density at radius 1 is 1.22 bits per heavy atom. The number of hydrogen-bond donors (Lipinski definition) is 0. The lowest BCUT2D eigenvalue weighted by atomic mass is 10.1. The molecule has 0 saturated carbocycles. The Bertz CT molecular complexity index is 283. The summed E-state index contributed by atoms with van der Waals surface area (Å²) in [6, 6.07) is 0.944. The van der Waals surface area contributed by atoms with E-state index in [2.05, 4.69) is 6.58 Å². The molecule has 0 fully saturated rings. The van der Waals surface area contributed by atoms with Gasteiger partial charge in [-0.2, -0.15) is 0 Å². The van der Waals surface area contributed by atoms with Crippen LogP contribution in [0.25, 0.3) is 0 Å². The highest BCUT2D eigenvalue weighted by molar-refractivity contribution is 6.43. The second kappa shape index (κ2) is 10.2. The topological polar surface area (TPSA) is 52.6 Å². The molecule has 0 aromatic heterocycles. The lowest BCUT2D eigenvalue weighted by Crippen LogP contribution is -2.24. The fourth-order valence-corrected chi connectivity index (χ4v) is 3.21. The third-order valence-corrected chi connectivity index (χ3v) is 4.29. The standard InChI is InChI=1S/C13H24O4Si/c1-5-16-13(17-6-2)18-9-7-8-11(14)12(15)10(3)4/h13H,3,5-9,18H2,1-2,4H3. The van der Waals surface area contributed by atoms with Crippen LogP contribution in [-0.4, -0.2) is 40.2 Å². The van der Waals surface area contributed by atoms with Crippen molar-refractivity contribution >= 4 is 21.1 Å². The zero-order valence-electron chi connectivity index (χ0n) is 11.7. The van der Waals surface area contributed by atoms with E-state index in [-0.39, 0.29) is 11.7 Å². The van der Waals surface area contributed by atoms with E-state index in [4.69, 9.17) is 9.47 Å². The summed E-state index contributed by atoms with van der Waals surface area (Å²) in [7, 11) is -0.514. The lowest BCUT2D eigenvalue weighted by Gasteiger charge is -2.16. The molecule has 0 aromatic carbocycles. The molecule has 0 heterocycles. The van der Waals surface area contributed by atoms with Gasteiger partial charge < -0.3 is 9.47 Å². The van der Waals surface area contributed by atoms with E-state index in [0.717, 1.165) is 12.5 Å². The fraction of sp³-hybridized carbons (Fsp3) is 0.692. The second-order valence-electron chi connectivity index (χ2n) is 4.12. The van der Waals surface area contributed by atoms with Crippen molar-refractivity contribution < 1.29 is 19.1 Å². The van der Waals surface area contributed by atoms with Gasteiger partial charge in [0, 0.05) is 19.6 Å². The van der Waals surface area contributed by atoms with Crippen LogP contribution in [0.2, 0.25) is 6.04 Å². The van der Waals surface area contributed by atoms with Crippen molar-refractivity contribution in [2.24, 2.45) is 0 Å². The van der Waals surface area contributed by atoms with Gasteiger partial charge in [-0.15, -0.1) is 0 Å². The molecule has 0 aromatic rings. The van der Waals surface area contributed by atoms with Gasteiger partial charge in [-0.25, -0.2) is 0 Å². The van der Waals surface area contributed by atoms with Crippen LogP contribution in [0.5, 0.6) is 0 Å². The van der Waals surface area contributed by atoms with Gasteiger partial charge in [0.1, 0.15) is 5.91 Å². The molecular formula is C13H24O4Si. The van der Waals surface area contributed by atoms with E-state index >= 15 is 0 Å². The number of allylic oxidation sites excluding steroid dienone is 1. The maximum atomic E-state index is 11.4. The maximum Gasteiger partial charge on any atom is 0.223 e. The van der Waals surface area contributed by atoms with Crippen LogP contribution < -0.4 is 0 Å². The van der Waals surface area contributed by atoms with Gasteiger partial charge in [0.15, 0.2) is 0 Å². The molecule has 0 radical (unpaired) electrons. The van der Waals surface area contributed by atoms with Crippen LogP contribution in [0, 0.1) is 0 Å². The van der Waals surface area contributed by atoms with Crippen molar-refractivity contribution in [2.45, 2.75) is 45.6 Å². The Labute approximate surface area is 112 Å². The Morgan fingerprint density at radius 3 is 2.22 bits per heavy atom. The van der Waals surface area contributed by atoms with Gasteiger partial charge in [-0.1, -0.05) is 12.6 Å². The lowest BCUT2D eigenvalue weighted by molar-refractivity contribution is -0.134. The van der Waals surface area contributed by atoms with Crippen LogP contribution in [0.3, 0.4) is 0 Å². The molecule has 0 amide bonds. The molecule has 4 nitrogen and oxygen atoms in total. The smallest absolute Gasteiger partial charge is 0.223 e. The van der Waals surface area contributed by atoms with Crippen molar-refractivity contribution in [3.63, 3.8) is 0 Å². The van der Waals surface area contributed by atoms with Crippen molar-refractivity contribution in [1.82, 2.24) is 0 Å². The summed E-state index contributed by atoms with van der Waals surface area (Å²) in [5.74, 6) is -0.837. The number of ketones is 2. The van der Waals surface area contributed by atoms with Crippen molar-refractivity contribution in [3.05, 3.63) is 12.2 Å². The van der Waals surface area contributed by atoms with Crippen LogP contribution >= 0.6 is 0 Å². The monoisotopic (exact) mass is 272 g/mol. The quantitative estimate of drug-likeness (QED) is 0.188. The average Bonchev–Trinajstić information content (AvgIpc) is 2.33. The van der Waals surface area contributed by atoms with E-state index in [1.807, 2.05) is 13.8 Å². The summed E-state index contributed by atoms with van der Waals surface area (Å²) < 4.78 is 10.9. The minimum Gasteiger partial charge on any atom is -0.357 e. The van der Waals surface area contributed by atoms with Gasteiger partial charge in [0.05, 0.1) is 9.52 Å². The van der Waals surface area contributed by atoms with Crippen molar-refractivity contribution in [3.8, 4) is 0 Å². The Morgan fingerprint density at radius 2 is 1.78 bits per heavy atom. The number of ether oxygens (including phenoxy) is 2. The highest BCUT2D eigenvalue weighted by Crippen LogP contribution is 2.04. The first-order valence-corrected chi connectivity index (χ1v) is 8.30. The number of carbonyl (C=O) groups is 2. The molecule has 104 valence electrons. The molecule has 0 atom stereocenters. The summed E-state index contributed by atoms with van der Waals surface area (Å²) >= 11 is 0. The van der Waals surface area contributed by atoms with E-state index in [1.165, 1.54) is 0 Å². The molecule has 0 saturated heterocycles. The molecule has 0 aliphatic carbocycles. The van der Waals surface area contributed by atoms with Gasteiger partial charge in [0.25, 0.3) is 0 Å². The predicted molar refractivity (Wildman–Crippen MR) is 74.5 cm³/mol. The highest BCUT2D eigenvalue weighted by atomic mass is 28.2.